The van der Waals surface area contributed by atoms with Crippen molar-refractivity contribution in [1.29, 1.82) is 0 Å². The van der Waals surface area contributed by atoms with E-state index in [0.29, 0.717) is 11.0 Å². The van der Waals surface area contributed by atoms with Crippen molar-refractivity contribution in [1.82, 2.24) is 0 Å². The maximum absolute atomic E-state index is 11.3. The summed E-state index contributed by atoms with van der Waals surface area (Å²) in [6.45, 7) is 3.78. The van der Waals surface area contributed by atoms with Crippen LogP contribution in [0.2, 0.25) is 0 Å². The van der Waals surface area contributed by atoms with Gasteiger partial charge in [0.1, 0.15) is 0 Å². The number of ether oxygens (including phenoxy) is 1. The summed E-state index contributed by atoms with van der Waals surface area (Å²) in [6.07, 6.45) is 6.61. The number of hydrogen-bond donors (Lipinski definition) is 0. The molecule has 0 saturated heterocycles. The Labute approximate surface area is 90.8 Å². The number of rotatable bonds is 4. The molecule has 0 spiro atoms. The van der Waals surface area contributed by atoms with Gasteiger partial charge in [-0.3, -0.25) is 4.79 Å². The van der Waals surface area contributed by atoms with Crippen molar-refractivity contribution in [2.75, 3.05) is 5.75 Å². The molecule has 0 atom stereocenters. The molecule has 0 bridgehead atoms. The SMILES string of the molecule is CC(C)OC(=O)CSC1CCCCC1. The predicted molar refractivity (Wildman–Crippen MR) is 60.6 cm³/mol. The lowest BCUT2D eigenvalue weighted by molar-refractivity contribution is -0.144. The van der Waals surface area contributed by atoms with Gasteiger partial charge in [0.25, 0.3) is 0 Å². The topological polar surface area (TPSA) is 26.3 Å². The molecule has 0 unspecified atom stereocenters. The van der Waals surface area contributed by atoms with Crippen LogP contribution in [0.5, 0.6) is 0 Å². The Hall–Kier alpha value is -0.180. The van der Waals surface area contributed by atoms with Crippen LogP contribution in [0, 0.1) is 0 Å². The fourth-order valence-corrected chi connectivity index (χ4v) is 2.82. The van der Waals surface area contributed by atoms with Gasteiger partial charge in [0.2, 0.25) is 0 Å². The molecule has 1 saturated carbocycles. The molecular formula is C11H20O2S. The molecule has 0 heterocycles. The van der Waals surface area contributed by atoms with Gasteiger partial charge >= 0.3 is 5.97 Å². The first-order valence-corrected chi connectivity index (χ1v) is 6.54. The Balaban J connectivity index is 2.09. The fourth-order valence-electron chi connectivity index (χ4n) is 1.71. The molecule has 2 nitrogen and oxygen atoms in total. The summed E-state index contributed by atoms with van der Waals surface area (Å²) in [5.74, 6) is 0.471. The van der Waals surface area contributed by atoms with Crippen molar-refractivity contribution in [3.63, 3.8) is 0 Å². The monoisotopic (exact) mass is 216 g/mol. The third kappa shape index (κ3) is 4.89. The minimum absolute atomic E-state index is 0.0226. The van der Waals surface area contributed by atoms with E-state index in [2.05, 4.69) is 0 Å². The Kier molecular flexibility index (Phi) is 5.38. The van der Waals surface area contributed by atoms with E-state index in [1.54, 1.807) is 11.8 Å². The van der Waals surface area contributed by atoms with Crippen molar-refractivity contribution in [2.24, 2.45) is 0 Å². The fraction of sp³-hybridized carbons (Fsp3) is 0.909. The van der Waals surface area contributed by atoms with Gasteiger partial charge in [-0.05, 0) is 26.7 Å². The zero-order valence-corrected chi connectivity index (χ0v) is 9.94. The number of thioether (sulfide) groups is 1. The second kappa shape index (κ2) is 6.33. The quantitative estimate of drug-likeness (QED) is 0.676. The van der Waals surface area contributed by atoms with Gasteiger partial charge < -0.3 is 4.74 Å². The largest absolute Gasteiger partial charge is 0.462 e. The zero-order valence-electron chi connectivity index (χ0n) is 9.12. The van der Waals surface area contributed by atoms with Crippen LogP contribution in [0.3, 0.4) is 0 Å². The van der Waals surface area contributed by atoms with Gasteiger partial charge in [-0.2, -0.15) is 0 Å². The Bertz CT molecular complexity index is 174. The number of carbonyl (C=O) groups is 1. The Morgan fingerprint density at radius 2 is 2.00 bits per heavy atom. The highest BCUT2D eigenvalue weighted by molar-refractivity contribution is 8.00. The first-order valence-electron chi connectivity index (χ1n) is 5.49. The van der Waals surface area contributed by atoms with Gasteiger partial charge in [-0.15, -0.1) is 11.8 Å². The summed E-state index contributed by atoms with van der Waals surface area (Å²) in [4.78, 5) is 11.3. The van der Waals surface area contributed by atoms with Gasteiger partial charge in [-0.1, -0.05) is 19.3 Å². The summed E-state index contributed by atoms with van der Waals surface area (Å²) >= 11 is 1.77. The van der Waals surface area contributed by atoms with Crippen LogP contribution in [-0.2, 0) is 9.53 Å². The Morgan fingerprint density at radius 1 is 1.36 bits per heavy atom. The van der Waals surface area contributed by atoms with Gasteiger partial charge in [0, 0.05) is 5.25 Å². The molecule has 0 N–H and O–H groups in total. The number of carbonyl (C=O) groups excluding carboxylic acids is 1. The molecule has 0 radical (unpaired) electrons. The second-order valence-corrected chi connectivity index (χ2v) is 5.40. The maximum Gasteiger partial charge on any atom is 0.316 e. The molecule has 0 aromatic carbocycles. The average Bonchev–Trinajstić information content (AvgIpc) is 2.15. The van der Waals surface area contributed by atoms with E-state index in [4.69, 9.17) is 4.74 Å². The highest BCUT2D eigenvalue weighted by Gasteiger charge is 2.15. The van der Waals surface area contributed by atoms with Crippen LogP contribution in [0.1, 0.15) is 46.0 Å². The second-order valence-electron chi connectivity index (χ2n) is 4.11. The van der Waals surface area contributed by atoms with E-state index in [9.17, 15) is 4.79 Å². The van der Waals surface area contributed by atoms with E-state index < -0.39 is 0 Å². The maximum atomic E-state index is 11.3. The molecule has 1 fully saturated rings. The lowest BCUT2D eigenvalue weighted by Gasteiger charge is -2.20. The van der Waals surface area contributed by atoms with Crippen LogP contribution in [0.4, 0.5) is 0 Å². The predicted octanol–water partition coefficient (Wildman–Crippen LogP) is 3.00. The normalized spacial score (nSPS) is 18.5. The van der Waals surface area contributed by atoms with Crippen LogP contribution in [0.15, 0.2) is 0 Å². The van der Waals surface area contributed by atoms with Crippen molar-refractivity contribution < 1.29 is 9.53 Å². The lowest BCUT2D eigenvalue weighted by atomic mass is 10.0. The summed E-state index contributed by atoms with van der Waals surface area (Å²) in [5, 5.41) is 0.698. The van der Waals surface area contributed by atoms with Gasteiger partial charge in [0.05, 0.1) is 11.9 Å². The van der Waals surface area contributed by atoms with E-state index in [1.807, 2.05) is 13.8 Å². The molecule has 14 heavy (non-hydrogen) atoms. The molecular weight excluding hydrogens is 196 g/mol. The first-order chi connectivity index (χ1) is 6.68. The molecule has 0 aromatic heterocycles. The molecule has 0 amide bonds. The first kappa shape index (κ1) is 11.9. The summed E-state index contributed by atoms with van der Waals surface area (Å²) < 4.78 is 5.08. The van der Waals surface area contributed by atoms with Crippen LogP contribution >= 0.6 is 11.8 Å². The lowest BCUT2D eigenvalue weighted by Crippen LogP contribution is -2.16. The van der Waals surface area contributed by atoms with E-state index in [1.165, 1.54) is 32.1 Å². The molecule has 1 aliphatic rings. The standard InChI is InChI=1S/C11H20O2S/c1-9(2)13-11(12)8-14-10-6-4-3-5-7-10/h9-10H,3-8H2,1-2H3. The highest BCUT2D eigenvalue weighted by Crippen LogP contribution is 2.28. The molecule has 0 aromatic rings. The zero-order chi connectivity index (χ0) is 10.4. The van der Waals surface area contributed by atoms with Gasteiger partial charge in [0.15, 0.2) is 0 Å². The number of esters is 1. The van der Waals surface area contributed by atoms with Crippen LogP contribution < -0.4 is 0 Å². The van der Waals surface area contributed by atoms with E-state index in [-0.39, 0.29) is 12.1 Å². The smallest absolute Gasteiger partial charge is 0.316 e. The molecule has 1 aliphatic carbocycles. The molecule has 82 valence electrons. The minimum Gasteiger partial charge on any atom is -0.462 e. The molecule has 3 heteroatoms. The van der Waals surface area contributed by atoms with Gasteiger partial charge in [-0.25, -0.2) is 0 Å². The molecule has 1 rings (SSSR count). The van der Waals surface area contributed by atoms with Crippen molar-refractivity contribution >= 4 is 17.7 Å². The Morgan fingerprint density at radius 3 is 2.57 bits per heavy atom. The summed E-state index contributed by atoms with van der Waals surface area (Å²) in [6, 6.07) is 0. The minimum atomic E-state index is -0.0597. The number of hydrogen-bond acceptors (Lipinski definition) is 3. The highest BCUT2D eigenvalue weighted by atomic mass is 32.2. The van der Waals surface area contributed by atoms with Crippen molar-refractivity contribution in [3.05, 3.63) is 0 Å². The van der Waals surface area contributed by atoms with Crippen molar-refractivity contribution in [3.8, 4) is 0 Å². The van der Waals surface area contributed by atoms with Crippen LogP contribution in [-0.4, -0.2) is 23.1 Å². The summed E-state index contributed by atoms with van der Waals surface area (Å²) in [5.41, 5.74) is 0. The van der Waals surface area contributed by atoms with E-state index in [0.717, 1.165) is 0 Å². The van der Waals surface area contributed by atoms with Crippen molar-refractivity contribution in [2.45, 2.75) is 57.3 Å². The third-order valence-electron chi connectivity index (χ3n) is 2.36. The van der Waals surface area contributed by atoms with Crippen LogP contribution in [0.25, 0.3) is 0 Å². The van der Waals surface area contributed by atoms with E-state index >= 15 is 0 Å². The molecule has 0 aliphatic heterocycles. The third-order valence-corrected chi connectivity index (χ3v) is 3.70. The average molecular weight is 216 g/mol. The summed E-state index contributed by atoms with van der Waals surface area (Å²) in [7, 11) is 0.